The molecule has 0 aromatic heterocycles. The third-order valence-electron chi connectivity index (χ3n) is 4.89. The molecule has 2 aliphatic rings. The maximum atomic E-state index is 12.7. The number of carbonyl (C=O) groups excluding carboxylic acids is 2. The summed E-state index contributed by atoms with van der Waals surface area (Å²) in [6, 6.07) is -0.529. The Morgan fingerprint density at radius 2 is 2.07 bits per heavy atom. The molecule has 0 aromatic rings. The number of nitrogens with zero attached hydrogens (tertiary/aromatic N) is 3. The molecule has 27 heavy (non-hydrogen) atoms. The van der Waals surface area contributed by atoms with E-state index in [9.17, 15) is 23.1 Å². The Balaban J connectivity index is 1.92. The van der Waals surface area contributed by atoms with Crippen molar-refractivity contribution in [2.24, 2.45) is 11.7 Å². The molecule has 10 nitrogen and oxygen atoms in total. The van der Waals surface area contributed by atoms with Crippen LogP contribution in [0.25, 0.3) is 0 Å². The molecule has 2 unspecified atom stereocenters. The van der Waals surface area contributed by atoms with Crippen LogP contribution in [0.1, 0.15) is 32.6 Å². The molecule has 0 radical (unpaired) electrons. The first-order valence-corrected chi connectivity index (χ1v) is 10.4. The van der Waals surface area contributed by atoms with Crippen LogP contribution in [0, 0.1) is 5.92 Å². The molecule has 4 N–H and O–H groups in total. The highest BCUT2D eigenvalue weighted by atomic mass is 32.2. The summed E-state index contributed by atoms with van der Waals surface area (Å²) in [5, 5.41) is 13.2. The van der Waals surface area contributed by atoms with Crippen LogP contribution in [0.3, 0.4) is 0 Å². The van der Waals surface area contributed by atoms with E-state index >= 15 is 0 Å². The number of amides is 2. The zero-order valence-electron chi connectivity index (χ0n) is 15.7. The molecule has 3 atom stereocenters. The Morgan fingerprint density at radius 1 is 1.37 bits per heavy atom. The van der Waals surface area contributed by atoms with Crippen LogP contribution >= 0.6 is 0 Å². The van der Waals surface area contributed by atoms with Gasteiger partial charge in [-0.1, -0.05) is 6.92 Å². The van der Waals surface area contributed by atoms with E-state index in [1.165, 1.54) is 14.8 Å². The van der Waals surface area contributed by atoms with E-state index in [2.05, 4.69) is 5.32 Å². The fourth-order valence-electron chi connectivity index (χ4n) is 3.05. The Kier molecular flexibility index (Phi) is 7.06. The van der Waals surface area contributed by atoms with E-state index in [1.807, 2.05) is 0 Å². The molecule has 2 heterocycles. The van der Waals surface area contributed by atoms with Gasteiger partial charge in [0.15, 0.2) is 0 Å². The summed E-state index contributed by atoms with van der Waals surface area (Å²) in [5.74, 6) is -1.14. The highest BCUT2D eigenvalue weighted by molar-refractivity contribution is 7.86. The van der Waals surface area contributed by atoms with Crippen LogP contribution in [-0.2, 0) is 19.8 Å². The lowest BCUT2D eigenvalue weighted by atomic mass is 10.0. The van der Waals surface area contributed by atoms with Crippen molar-refractivity contribution >= 4 is 22.0 Å². The number of primary amides is 1. The lowest BCUT2D eigenvalue weighted by molar-refractivity contribution is -0.124. The second-order valence-electron chi connectivity index (χ2n) is 7.18. The molecule has 2 amide bonds. The van der Waals surface area contributed by atoms with E-state index in [1.54, 1.807) is 25.1 Å². The Morgan fingerprint density at radius 3 is 2.67 bits per heavy atom. The molecule has 11 heteroatoms. The van der Waals surface area contributed by atoms with Gasteiger partial charge in [-0.2, -0.15) is 12.7 Å². The predicted molar refractivity (Wildman–Crippen MR) is 98.9 cm³/mol. The zero-order chi connectivity index (χ0) is 20.2. The predicted octanol–water partition coefficient (Wildman–Crippen LogP) is -1.25. The van der Waals surface area contributed by atoms with Crippen LogP contribution in [0.2, 0.25) is 0 Å². The van der Waals surface area contributed by atoms with Crippen LogP contribution in [0.15, 0.2) is 12.4 Å². The van der Waals surface area contributed by atoms with Crippen LogP contribution < -0.4 is 11.1 Å². The SMILES string of the molecule is CC(CCC(=O)NC1CCCN(S(=O)(=O)N2C=CN(C)C2)C[C@@H]1O)C(N)=O. The lowest BCUT2D eigenvalue weighted by Gasteiger charge is -2.28. The maximum absolute atomic E-state index is 12.7. The summed E-state index contributed by atoms with van der Waals surface area (Å²) in [6.07, 6.45) is 3.60. The highest BCUT2D eigenvalue weighted by Crippen LogP contribution is 2.20. The topological polar surface area (TPSA) is 136 Å². The molecule has 0 aromatic carbocycles. The van der Waals surface area contributed by atoms with Crippen molar-refractivity contribution in [1.82, 2.24) is 18.8 Å². The van der Waals surface area contributed by atoms with E-state index < -0.39 is 34.2 Å². The third-order valence-corrected chi connectivity index (χ3v) is 6.70. The first kappa shape index (κ1) is 21.5. The van der Waals surface area contributed by atoms with Gasteiger partial charge in [-0.25, -0.2) is 4.31 Å². The number of nitrogens with one attached hydrogen (secondary N) is 1. The first-order chi connectivity index (χ1) is 12.6. The van der Waals surface area contributed by atoms with Crippen LogP contribution in [0.5, 0.6) is 0 Å². The molecule has 0 saturated carbocycles. The van der Waals surface area contributed by atoms with Gasteiger partial charge in [0, 0.05) is 44.9 Å². The van der Waals surface area contributed by atoms with Crippen molar-refractivity contribution in [2.45, 2.75) is 44.8 Å². The largest absolute Gasteiger partial charge is 0.390 e. The van der Waals surface area contributed by atoms with Gasteiger partial charge in [-0.05, 0) is 19.3 Å². The molecule has 2 rings (SSSR count). The average molecular weight is 404 g/mol. The van der Waals surface area contributed by atoms with Gasteiger partial charge in [-0.3, -0.25) is 9.59 Å². The molecular weight excluding hydrogens is 374 g/mol. The van der Waals surface area contributed by atoms with Crippen molar-refractivity contribution in [3.63, 3.8) is 0 Å². The summed E-state index contributed by atoms with van der Waals surface area (Å²) in [5.41, 5.74) is 5.18. The van der Waals surface area contributed by atoms with Crippen molar-refractivity contribution in [1.29, 1.82) is 0 Å². The normalized spacial score (nSPS) is 25.3. The van der Waals surface area contributed by atoms with E-state index in [0.717, 1.165) is 0 Å². The van der Waals surface area contributed by atoms with Gasteiger partial charge in [0.1, 0.15) is 6.67 Å². The van der Waals surface area contributed by atoms with E-state index in [4.69, 9.17) is 5.73 Å². The number of nitrogens with two attached hydrogens (primary N) is 1. The fraction of sp³-hybridized carbons (Fsp3) is 0.750. The molecule has 1 saturated heterocycles. The number of aliphatic hydroxyl groups excluding tert-OH is 1. The van der Waals surface area contributed by atoms with Gasteiger partial charge in [0.05, 0.1) is 12.1 Å². The van der Waals surface area contributed by atoms with E-state index in [0.29, 0.717) is 19.3 Å². The Hall–Kier alpha value is -1.85. The Bertz CT molecular complexity index is 683. The molecule has 0 aliphatic carbocycles. The summed E-state index contributed by atoms with van der Waals surface area (Å²) >= 11 is 0. The highest BCUT2D eigenvalue weighted by Gasteiger charge is 2.35. The third kappa shape index (κ3) is 5.56. The van der Waals surface area contributed by atoms with Crippen molar-refractivity contribution in [3.8, 4) is 0 Å². The minimum Gasteiger partial charge on any atom is -0.390 e. The smallest absolute Gasteiger partial charge is 0.305 e. The average Bonchev–Trinajstić information content (AvgIpc) is 2.95. The number of rotatable bonds is 7. The van der Waals surface area contributed by atoms with Crippen molar-refractivity contribution in [3.05, 3.63) is 12.4 Å². The molecule has 1 fully saturated rings. The van der Waals surface area contributed by atoms with Gasteiger partial charge >= 0.3 is 10.2 Å². The van der Waals surface area contributed by atoms with Gasteiger partial charge in [0.25, 0.3) is 0 Å². The molecular formula is C16H29N5O5S. The monoisotopic (exact) mass is 403 g/mol. The summed E-state index contributed by atoms with van der Waals surface area (Å²) < 4.78 is 27.9. The first-order valence-electron chi connectivity index (χ1n) is 9.03. The number of hydrogen-bond donors (Lipinski definition) is 3. The zero-order valence-corrected chi connectivity index (χ0v) is 16.6. The molecule has 2 aliphatic heterocycles. The van der Waals surface area contributed by atoms with Crippen molar-refractivity contribution < 1.29 is 23.1 Å². The fourth-order valence-corrected chi connectivity index (χ4v) is 4.59. The summed E-state index contributed by atoms with van der Waals surface area (Å²) in [4.78, 5) is 24.9. The second-order valence-corrected chi connectivity index (χ2v) is 9.06. The number of aliphatic hydroxyl groups is 1. The number of carbonyl (C=O) groups is 2. The minimum atomic E-state index is -3.72. The number of hydrogen-bond acceptors (Lipinski definition) is 6. The minimum absolute atomic E-state index is 0.0843. The lowest BCUT2D eigenvalue weighted by Crippen LogP contribution is -2.49. The van der Waals surface area contributed by atoms with Gasteiger partial charge in [0.2, 0.25) is 11.8 Å². The second kappa shape index (κ2) is 8.89. The summed E-state index contributed by atoms with van der Waals surface area (Å²) in [7, 11) is -1.95. The quantitative estimate of drug-likeness (QED) is 0.486. The van der Waals surface area contributed by atoms with Crippen LogP contribution in [-0.4, -0.2) is 77.8 Å². The standard InChI is InChI=1S/C16H29N5O5S/c1-12(16(17)24)5-6-15(23)18-13-4-3-7-20(10-14(13)22)27(25,26)21-9-8-19(2)11-21/h8-9,12-14,22H,3-7,10-11H2,1-2H3,(H2,17,24)(H,18,23)/t12?,13?,14-/m0/s1. The molecule has 154 valence electrons. The van der Waals surface area contributed by atoms with Gasteiger partial charge in [-0.15, -0.1) is 0 Å². The Labute approximate surface area is 160 Å². The number of β-amino-alcohol motifs (C(OH)–C–C–N with tert-alkyl or cyclic N) is 1. The maximum Gasteiger partial charge on any atom is 0.305 e. The van der Waals surface area contributed by atoms with Gasteiger partial charge < -0.3 is 21.1 Å². The van der Waals surface area contributed by atoms with Crippen LogP contribution in [0.4, 0.5) is 0 Å². The summed E-state index contributed by atoms with van der Waals surface area (Å²) in [6.45, 7) is 2.08. The molecule has 0 spiro atoms. The van der Waals surface area contributed by atoms with E-state index in [-0.39, 0.29) is 32.1 Å². The van der Waals surface area contributed by atoms with Crippen molar-refractivity contribution in [2.75, 3.05) is 26.8 Å². The molecule has 0 bridgehead atoms.